The highest BCUT2D eigenvalue weighted by Gasteiger charge is 2.00. The highest BCUT2D eigenvalue weighted by Crippen LogP contribution is 1.84. The van der Waals surface area contributed by atoms with E-state index in [0.717, 1.165) is 4.79 Å². The Kier molecular flexibility index (Phi) is 2.49. The Morgan fingerprint density at radius 2 is 2.42 bits per heavy atom. The van der Waals surface area contributed by atoms with E-state index in [1.165, 1.54) is 6.20 Å². The molecular formula is C6H7N3O2S. The monoisotopic (exact) mass is 185 g/mol. The molecule has 12 heavy (non-hydrogen) atoms. The minimum Gasteiger partial charge on any atom is -0.266 e. The molecule has 0 fully saturated rings. The molecule has 0 unspecified atom stereocenters. The van der Waals surface area contributed by atoms with E-state index < -0.39 is 5.24 Å². The van der Waals surface area contributed by atoms with Crippen LogP contribution in [0.3, 0.4) is 0 Å². The SMILES string of the molecule is Cc1ccnn(NC(=O)S)c1=O. The van der Waals surface area contributed by atoms with Gasteiger partial charge in [0.1, 0.15) is 0 Å². The van der Waals surface area contributed by atoms with Gasteiger partial charge in [-0.2, -0.15) is 5.10 Å². The first kappa shape index (κ1) is 8.79. The van der Waals surface area contributed by atoms with E-state index in [2.05, 4.69) is 23.2 Å². The highest BCUT2D eigenvalue weighted by molar-refractivity contribution is 7.96. The van der Waals surface area contributed by atoms with Crippen molar-refractivity contribution in [3.8, 4) is 0 Å². The fraction of sp³-hybridized carbons (Fsp3) is 0.167. The third-order valence-electron chi connectivity index (χ3n) is 1.24. The summed E-state index contributed by atoms with van der Waals surface area (Å²) >= 11 is 3.44. The van der Waals surface area contributed by atoms with Gasteiger partial charge in [-0.05, 0) is 13.0 Å². The predicted molar refractivity (Wildman–Crippen MR) is 47.0 cm³/mol. The normalized spacial score (nSPS) is 9.50. The lowest BCUT2D eigenvalue weighted by Crippen LogP contribution is -2.33. The zero-order valence-corrected chi connectivity index (χ0v) is 7.21. The molecule has 64 valence electrons. The molecule has 0 spiro atoms. The first-order chi connectivity index (χ1) is 5.61. The number of aryl methyl sites for hydroxylation is 1. The number of rotatable bonds is 1. The zero-order valence-electron chi connectivity index (χ0n) is 6.31. The first-order valence-electron chi connectivity index (χ1n) is 3.16. The van der Waals surface area contributed by atoms with Crippen molar-refractivity contribution in [3.63, 3.8) is 0 Å². The Morgan fingerprint density at radius 1 is 1.75 bits per heavy atom. The zero-order chi connectivity index (χ0) is 9.14. The van der Waals surface area contributed by atoms with Crippen LogP contribution in [0, 0.1) is 6.92 Å². The van der Waals surface area contributed by atoms with Crippen molar-refractivity contribution >= 4 is 17.9 Å². The Morgan fingerprint density at radius 3 is 3.00 bits per heavy atom. The topological polar surface area (TPSA) is 64.0 Å². The summed E-state index contributed by atoms with van der Waals surface area (Å²) in [4.78, 5) is 22.4. The van der Waals surface area contributed by atoms with E-state index in [-0.39, 0.29) is 5.56 Å². The lowest BCUT2D eigenvalue weighted by molar-refractivity contribution is 0.267. The van der Waals surface area contributed by atoms with Crippen molar-refractivity contribution in [2.45, 2.75) is 6.92 Å². The maximum atomic E-state index is 11.2. The van der Waals surface area contributed by atoms with Crippen LogP contribution in [0.25, 0.3) is 0 Å². The number of hydrogen-bond donors (Lipinski definition) is 2. The van der Waals surface area contributed by atoms with Crippen LogP contribution in [-0.2, 0) is 0 Å². The minimum absolute atomic E-state index is 0.361. The van der Waals surface area contributed by atoms with Crippen LogP contribution in [0.5, 0.6) is 0 Å². The van der Waals surface area contributed by atoms with Crippen molar-refractivity contribution < 1.29 is 4.79 Å². The molecule has 0 radical (unpaired) electrons. The van der Waals surface area contributed by atoms with Gasteiger partial charge in [0.15, 0.2) is 0 Å². The fourth-order valence-corrected chi connectivity index (χ4v) is 0.768. The average molecular weight is 185 g/mol. The number of amides is 1. The van der Waals surface area contributed by atoms with Crippen molar-refractivity contribution in [1.29, 1.82) is 0 Å². The molecule has 0 aliphatic carbocycles. The maximum absolute atomic E-state index is 11.2. The molecule has 1 amide bonds. The molecule has 1 heterocycles. The van der Waals surface area contributed by atoms with Crippen LogP contribution in [0.2, 0.25) is 0 Å². The van der Waals surface area contributed by atoms with Gasteiger partial charge in [0, 0.05) is 5.56 Å². The lowest BCUT2D eigenvalue weighted by Gasteiger charge is -2.02. The van der Waals surface area contributed by atoms with Crippen molar-refractivity contribution in [2.24, 2.45) is 0 Å². The van der Waals surface area contributed by atoms with E-state index in [4.69, 9.17) is 0 Å². The van der Waals surface area contributed by atoms with Crippen LogP contribution < -0.4 is 11.0 Å². The lowest BCUT2D eigenvalue weighted by atomic mass is 10.3. The van der Waals surface area contributed by atoms with Crippen molar-refractivity contribution in [1.82, 2.24) is 9.89 Å². The van der Waals surface area contributed by atoms with Gasteiger partial charge < -0.3 is 0 Å². The summed E-state index contributed by atoms with van der Waals surface area (Å²) < 4.78 is 0. The van der Waals surface area contributed by atoms with Gasteiger partial charge >= 0.3 is 0 Å². The number of nitrogens with zero attached hydrogens (tertiary/aromatic N) is 2. The molecule has 1 aromatic rings. The quantitative estimate of drug-likeness (QED) is 0.612. The standard InChI is InChI=1S/C6H7N3O2S/c1-4-2-3-7-9(5(4)10)8-6(11)12/h2-3H,1H3,(H2,8,11,12). The second kappa shape index (κ2) is 3.40. The molecule has 0 bridgehead atoms. The largest absolute Gasteiger partial charge is 0.296 e. The van der Waals surface area contributed by atoms with Crippen LogP contribution in [-0.4, -0.2) is 15.1 Å². The van der Waals surface area contributed by atoms with E-state index >= 15 is 0 Å². The summed E-state index contributed by atoms with van der Waals surface area (Å²) in [5.41, 5.74) is 2.28. The molecule has 1 aromatic heterocycles. The summed E-state index contributed by atoms with van der Waals surface area (Å²) in [5.74, 6) is 0. The van der Waals surface area contributed by atoms with Gasteiger partial charge in [-0.3, -0.25) is 9.59 Å². The second-order valence-electron chi connectivity index (χ2n) is 2.15. The van der Waals surface area contributed by atoms with Gasteiger partial charge in [-0.1, -0.05) is 12.6 Å². The summed E-state index contributed by atoms with van der Waals surface area (Å²) in [5, 5.41) is 2.97. The Labute approximate surface area is 73.8 Å². The number of hydrogen-bond acceptors (Lipinski definition) is 3. The molecule has 0 aliphatic heterocycles. The van der Waals surface area contributed by atoms with Crippen LogP contribution >= 0.6 is 12.6 Å². The molecule has 0 aromatic carbocycles. The summed E-state index contributed by atoms with van der Waals surface area (Å²) in [6.07, 6.45) is 1.42. The van der Waals surface area contributed by atoms with Gasteiger partial charge in [-0.25, -0.2) is 5.43 Å². The molecule has 5 nitrogen and oxygen atoms in total. The predicted octanol–water partition coefficient (Wildman–Crippen LogP) is 0.145. The molecule has 1 N–H and O–H groups in total. The molecule has 0 saturated carbocycles. The van der Waals surface area contributed by atoms with Gasteiger partial charge in [0.2, 0.25) is 0 Å². The van der Waals surface area contributed by atoms with E-state index in [0.29, 0.717) is 5.56 Å². The minimum atomic E-state index is -0.629. The molecule has 1 rings (SSSR count). The Bertz CT molecular complexity index is 360. The van der Waals surface area contributed by atoms with Gasteiger partial charge in [0.25, 0.3) is 10.8 Å². The maximum Gasteiger partial charge on any atom is 0.296 e. The molecule has 0 atom stereocenters. The Balaban J connectivity index is 3.09. The van der Waals surface area contributed by atoms with Crippen LogP contribution in [0.15, 0.2) is 17.1 Å². The third kappa shape index (κ3) is 1.85. The second-order valence-corrected chi connectivity index (χ2v) is 2.55. The molecule has 6 heteroatoms. The number of aromatic nitrogens is 2. The molecule has 0 saturated heterocycles. The summed E-state index contributed by atoms with van der Waals surface area (Å²) in [6, 6.07) is 1.56. The number of carbonyl (C=O) groups excluding carboxylic acids is 1. The van der Waals surface area contributed by atoms with E-state index in [1.807, 2.05) is 0 Å². The first-order valence-corrected chi connectivity index (χ1v) is 3.61. The average Bonchev–Trinajstić information content (AvgIpc) is 1.98. The van der Waals surface area contributed by atoms with Crippen molar-refractivity contribution in [2.75, 3.05) is 5.43 Å². The molecule has 0 aliphatic rings. The Hall–Kier alpha value is -1.30. The van der Waals surface area contributed by atoms with Gasteiger partial charge in [0.05, 0.1) is 6.20 Å². The van der Waals surface area contributed by atoms with Crippen LogP contribution in [0.4, 0.5) is 4.79 Å². The van der Waals surface area contributed by atoms with Gasteiger partial charge in [-0.15, -0.1) is 4.79 Å². The summed E-state index contributed by atoms with van der Waals surface area (Å²) in [7, 11) is 0. The smallest absolute Gasteiger partial charge is 0.266 e. The summed E-state index contributed by atoms with van der Waals surface area (Å²) in [6.45, 7) is 1.63. The number of carbonyl (C=O) groups is 1. The fourth-order valence-electron chi connectivity index (χ4n) is 0.673. The van der Waals surface area contributed by atoms with Crippen molar-refractivity contribution in [3.05, 3.63) is 28.2 Å². The number of nitrogens with one attached hydrogen (secondary N) is 1. The van der Waals surface area contributed by atoms with Crippen LogP contribution in [0.1, 0.15) is 5.56 Å². The third-order valence-corrected chi connectivity index (χ3v) is 1.34. The van der Waals surface area contributed by atoms with E-state index in [9.17, 15) is 9.59 Å². The van der Waals surface area contributed by atoms with E-state index in [1.54, 1.807) is 13.0 Å². The highest BCUT2D eigenvalue weighted by atomic mass is 32.1. The number of thiol groups is 1. The molecular weight excluding hydrogens is 178 g/mol.